The van der Waals surface area contributed by atoms with Crippen molar-refractivity contribution in [2.75, 3.05) is 19.0 Å². The molecule has 0 spiro atoms. The molecule has 1 atom stereocenters. The zero-order valence-electron chi connectivity index (χ0n) is 10.2. The number of alkyl halides is 1. The molecule has 0 aromatic heterocycles. The maximum Gasteiger partial charge on any atom is 0.118 e. The SMILES string of the molecule is COc1ccc(C(CBr)OCCC2CC2)cc1. The molecule has 1 aromatic carbocycles. The monoisotopic (exact) mass is 298 g/mol. The first-order valence-corrected chi connectivity index (χ1v) is 7.27. The molecular weight excluding hydrogens is 280 g/mol. The molecule has 94 valence electrons. The highest BCUT2D eigenvalue weighted by Crippen LogP contribution is 2.33. The van der Waals surface area contributed by atoms with Crippen molar-refractivity contribution in [3.8, 4) is 5.75 Å². The summed E-state index contributed by atoms with van der Waals surface area (Å²) in [6.45, 7) is 0.868. The van der Waals surface area contributed by atoms with Crippen LogP contribution in [0.25, 0.3) is 0 Å². The van der Waals surface area contributed by atoms with Gasteiger partial charge in [-0.25, -0.2) is 0 Å². The summed E-state index contributed by atoms with van der Waals surface area (Å²) in [5.74, 6) is 1.82. The predicted octanol–water partition coefficient (Wildman–Crippen LogP) is 3.95. The molecule has 0 saturated heterocycles. The maximum absolute atomic E-state index is 5.91. The lowest BCUT2D eigenvalue weighted by molar-refractivity contribution is 0.0654. The molecule has 1 unspecified atom stereocenters. The number of methoxy groups -OCH3 is 1. The standard InChI is InChI=1S/C14H19BrO2/c1-16-13-6-4-12(5-7-13)14(10-15)17-9-8-11-2-3-11/h4-7,11,14H,2-3,8-10H2,1H3. The normalized spacial score (nSPS) is 16.8. The maximum atomic E-state index is 5.91. The van der Waals surface area contributed by atoms with Crippen LogP contribution in [0.2, 0.25) is 0 Å². The van der Waals surface area contributed by atoms with Gasteiger partial charge in [0.2, 0.25) is 0 Å². The lowest BCUT2D eigenvalue weighted by Crippen LogP contribution is -2.07. The van der Waals surface area contributed by atoms with E-state index in [0.717, 1.165) is 23.6 Å². The summed E-state index contributed by atoms with van der Waals surface area (Å²) < 4.78 is 11.1. The number of hydrogen-bond acceptors (Lipinski definition) is 2. The molecule has 0 radical (unpaired) electrons. The van der Waals surface area contributed by atoms with Crippen molar-refractivity contribution in [2.24, 2.45) is 5.92 Å². The van der Waals surface area contributed by atoms with Gasteiger partial charge in [0.05, 0.1) is 13.2 Å². The van der Waals surface area contributed by atoms with Gasteiger partial charge in [-0.15, -0.1) is 0 Å². The Hall–Kier alpha value is -0.540. The minimum Gasteiger partial charge on any atom is -0.497 e. The topological polar surface area (TPSA) is 18.5 Å². The molecule has 1 saturated carbocycles. The molecule has 2 nitrogen and oxygen atoms in total. The Morgan fingerprint density at radius 3 is 2.53 bits per heavy atom. The van der Waals surface area contributed by atoms with Gasteiger partial charge in [0.1, 0.15) is 5.75 Å². The van der Waals surface area contributed by atoms with E-state index in [0.29, 0.717) is 0 Å². The van der Waals surface area contributed by atoms with Crippen molar-refractivity contribution >= 4 is 15.9 Å². The van der Waals surface area contributed by atoms with Gasteiger partial charge in [-0.2, -0.15) is 0 Å². The number of hydrogen-bond donors (Lipinski definition) is 0. The van der Waals surface area contributed by atoms with Gasteiger partial charge in [0.25, 0.3) is 0 Å². The average molecular weight is 299 g/mol. The summed E-state index contributed by atoms with van der Waals surface area (Å²) >= 11 is 3.51. The van der Waals surface area contributed by atoms with E-state index >= 15 is 0 Å². The molecule has 0 aliphatic heterocycles. The van der Waals surface area contributed by atoms with Crippen LogP contribution in [0.15, 0.2) is 24.3 Å². The van der Waals surface area contributed by atoms with Crippen LogP contribution >= 0.6 is 15.9 Å². The molecular formula is C14H19BrO2. The van der Waals surface area contributed by atoms with Crippen LogP contribution < -0.4 is 4.74 Å². The van der Waals surface area contributed by atoms with Crippen molar-refractivity contribution in [1.29, 1.82) is 0 Å². The third-order valence-corrected chi connectivity index (χ3v) is 3.76. The van der Waals surface area contributed by atoms with Gasteiger partial charge in [0.15, 0.2) is 0 Å². The smallest absolute Gasteiger partial charge is 0.118 e. The van der Waals surface area contributed by atoms with Crippen LogP contribution in [0.4, 0.5) is 0 Å². The van der Waals surface area contributed by atoms with Gasteiger partial charge >= 0.3 is 0 Å². The Bertz CT molecular complexity index is 333. The van der Waals surface area contributed by atoms with Crippen LogP contribution in [0, 0.1) is 5.92 Å². The lowest BCUT2D eigenvalue weighted by atomic mass is 10.1. The van der Waals surface area contributed by atoms with E-state index < -0.39 is 0 Å². The molecule has 17 heavy (non-hydrogen) atoms. The van der Waals surface area contributed by atoms with Gasteiger partial charge in [-0.3, -0.25) is 0 Å². The first-order chi connectivity index (χ1) is 8.33. The molecule has 1 aliphatic carbocycles. The molecule has 1 fully saturated rings. The molecule has 3 heteroatoms. The molecule has 1 aromatic rings. The first-order valence-electron chi connectivity index (χ1n) is 6.15. The van der Waals surface area contributed by atoms with E-state index in [1.165, 1.54) is 24.8 Å². The molecule has 2 rings (SSSR count). The van der Waals surface area contributed by atoms with E-state index in [2.05, 4.69) is 28.1 Å². The Morgan fingerprint density at radius 2 is 2.00 bits per heavy atom. The van der Waals surface area contributed by atoms with Crippen LogP contribution in [0.1, 0.15) is 30.9 Å². The zero-order valence-corrected chi connectivity index (χ0v) is 11.8. The second kappa shape index (κ2) is 6.41. The summed E-state index contributed by atoms with van der Waals surface area (Å²) in [4.78, 5) is 0. The van der Waals surface area contributed by atoms with Crippen molar-refractivity contribution in [2.45, 2.75) is 25.4 Å². The second-order valence-corrected chi connectivity index (χ2v) is 5.17. The summed E-state index contributed by atoms with van der Waals surface area (Å²) in [6.07, 6.45) is 4.15. The van der Waals surface area contributed by atoms with Crippen LogP contribution in [-0.4, -0.2) is 19.0 Å². The molecule has 0 bridgehead atoms. The van der Waals surface area contributed by atoms with Crippen molar-refractivity contribution < 1.29 is 9.47 Å². The highest BCUT2D eigenvalue weighted by atomic mass is 79.9. The fourth-order valence-corrected chi connectivity index (χ4v) is 2.39. The number of halogens is 1. The van der Waals surface area contributed by atoms with E-state index in [1.54, 1.807) is 7.11 Å². The predicted molar refractivity (Wildman–Crippen MR) is 72.8 cm³/mol. The minimum atomic E-state index is 0.152. The first kappa shape index (κ1) is 12.9. The van der Waals surface area contributed by atoms with Crippen molar-refractivity contribution in [3.63, 3.8) is 0 Å². The fraction of sp³-hybridized carbons (Fsp3) is 0.571. The highest BCUT2D eigenvalue weighted by Gasteiger charge is 2.21. The number of ether oxygens (including phenoxy) is 2. The summed E-state index contributed by atoms with van der Waals surface area (Å²) in [6, 6.07) is 8.11. The van der Waals surface area contributed by atoms with Gasteiger partial charge in [-0.05, 0) is 30.0 Å². The Morgan fingerprint density at radius 1 is 1.29 bits per heavy atom. The van der Waals surface area contributed by atoms with E-state index in [4.69, 9.17) is 9.47 Å². The third-order valence-electron chi connectivity index (χ3n) is 3.17. The number of rotatable bonds is 7. The van der Waals surface area contributed by atoms with Crippen LogP contribution in [0.5, 0.6) is 5.75 Å². The van der Waals surface area contributed by atoms with E-state index in [-0.39, 0.29) is 6.10 Å². The lowest BCUT2D eigenvalue weighted by Gasteiger charge is -2.16. The van der Waals surface area contributed by atoms with Gasteiger partial charge in [0, 0.05) is 11.9 Å². The second-order valence-electron chi connectivity index (χ2n) is 4.52. The largest absolute Gasteiger partial charge is 0.497 e. The van der Waals surface area contributed by atoms with Gasteiger partial charge in [-0.1, -0.05) is 40.9 Å². The third kappa shape index (κ3) is 4.00. The zero-order chi connectivity index (χ0) is 12.1. The molecule has 1 aliphatic rings. The highest BCUT2D eigenvalue weighted by molar-refractivity contribution is 9.09. The average Bonchev–Trinajstić information content (AvgIpc) is 3.19. The Labute approximate surface area is 111 Å². The van der Waals surface area contributed by atoms with Crippen LogP contribution in [0.3, 0.4) is 0 Å². The van der Waals surface area contributed by atoms with Crippen molar-refractivity contribution in [1.82, 2.24) is 0 Å². The Balaban J connectivity index is 1.85. The summed E-state index contributed by atoms with van der Waals surface area (Å²) in [5.41, 5.74) is 1.21. The Kier molecular flexibility index (Phi) is 4.86. The molecule has 0 N–H and O–H groups in total. The number of benzene rings is 1. The summed E-state index contributed by atoms with van der Waals surface area (Å²) in [5, 5.41) is 0.837. The minimum absolute atomic E-state index is 0.152. The van der Waals surface area contributed by atoms with Crippen molar-refractivity contribution in [3.05, 3.63) is 29.8 Å². The van der Waals surface area contributed by atoms with E-state index in [9.17, 15) is 0 Å². The fourth-order valence-electron chi connectivity index (χ4n) is 1.83. The molecule has 0 heterocycles. The quantitative estimate of drug-likeness (QED) is 0.710. The van der Waals surface area contributed by atoms with Crippen LogP contribution in [-0.2, 0) is 4.74 Å². The summed E-state index contributed by atoms with van der Waals surface area (Å²) in [7, 11) is 1.68. The van der Waals surface area contributed by atoms with Gasteiger partial charge < -0.3 is 9.47 Å². The van der Waals surface area contributed by atoms with E-state index in [1.807, 2.05) is 12.1 Å². The molecule has 0 amide bonds.